The van der Waals surface area contributed by atoms with Crippen molar-refractivity contribution >= 4 is 22.7 Å². The minimum Gasteiger partial charge on any atom is -0.368 e. The molecule has 0 fully saturated rings. The van der Waals surface area contributed by atoms with Gasteiger partial charge in [0.2, 0.25) is 5.95 Å². The van der Waals surface area contributed by atoms with Gasteiger partial charge in [0.05, 0.1) is 6.17 Å². The Morgan fingerprint density at radius 1 is 1.13 bits per heavy atom. The van der Waals surface area contributed by atoms with Gasteiger partial charge in [-0.2, -0.15) is 9.99 Å². The molecule has 2 aromatic heterocycles. The lowest BCUT2D eigenvalue weighted by Gasteiger charge is -2.28. The van der Waals surface area contributed by atoms with Crippen molar-refractivity contribution in [1.29, 1.82) is 0 Å². The molecule has 5 N–H and O–H groups in total. The van der Waals surface area contributed by atoms with Gasteiger partial charge in [0.1, 0.15) is 5.82 Å². The molecule has 156 valence electrons. The van der Waals surface area contributed by atoms with Crippen LogP contribution in [0, 0.1) is 0 Å². The number of H-pyrrole nitrogens is 1. The van der Waals surface area contributed by atoms with Crippen LogP contribution in [0.5, 0.6) is 0 Å². The van der Waals surface area contributed by atoms with Crippen molar-refractivity contribution in [2.24, 2.45) is 0 Å². The van der Waals surface area contributed by atoms with Crippen LogP contribution in [0.25, 0.3) is 33.3 Å². The van der Waals surface area contributed by atoms with E-state index in [2.05, 4.69) is 92.2 Å². The molecule has 1 atom stereocenters. The molecule has 4 aromatic rings. The molecular weight excluding hydrogens is 386 g/mol. The number of nitrogens with one attached hydrogen (secondary N) is 3. The lowest BCUT2D eigenvalue weighted by atomic mass is 10.0. The third-order valence-electron chi connectivity index (χ3n) is 5.55. The summed E-state index contributed by atoms with van der Waals surface area (Å²) in [5.74, 6) is 0.974. The van der Waals surface area contributed by atoms with E-state index in [-0.39, 0.29) is 12.1 Å². The molecule has 7 heteroatoms. The topological polar surface area (TPSA) is 94.9 Å². The maximum atomic E-state index is 5.93. The van der Waals surface area contributed by atoms with Crippen molar-refractivity contribution in [1.82, 2.24) is 25.4 Å². The summed E-state index contributed by atoms with van der Waals surface area (Å²) >= 11 is 0. The second-order valence-electron chi connectivity index (χ2n) is 7.59. The number of rotatable bonds is 6. The van der Waals surface area contributed by atoms with Crippen molar-refractivity contribution in [2.45, 2.75) is 19.5 Å². The summed E-state index contributed by atoms with van der Waals surface area (Å²) in [7, 11) is 0. The summed E-state index contributed by atoms with van der Waals surface area (Å²) < 4.78 is 0. The SMILES string of the molecule is CCC(Nc1nc(N)ncc1-c1cccc(-c2cc3ccccc3[nH]2)c1)N1CC=CN1. The minimum absolute atomic E-state index is 0.0694. The molecule has 7 nitrogen and oxygen atoms in total. The van der Waals surface area contributed by atoms with E-state index < -0.39 is 0 Å². The van der Waals surface area contributed by atoms with Crippen LogP contribution in [0.3, 0.4) is 0 Å². The van der Waals surface area contributed by atoms with Gasteiger partial charge in [0.25, 0.3) is 0 Å². The Balaban J connectivity index is 1.50. The van der Waals surface area contributed by atoms with Crippen LogP contribution in [-0.2, 0) is 0 Å². The van der Waals surface area contributed by atoms with Crippen molar-refractivity contribution in [2.75, 3.05) is 17.6 Å². The molecule has 3 heterocycles. The number of nitrogens with two attached hydrogens (primary N) is 1. The van der Waals surface area contributed by atoms with E-state index in [4.69, 9.17) is 5.73 Å². The zero-order valence-corrected chi connectivity index (χ0v) is 17.3. The van der Waals surface area contributed by atoms with Crippen LogP contribution in [0.4, 0.5) is 11.8 Å². The van der Waals surface area contributed by atoms with Gasteiger partial charge >= 0.3 is 0 Å². The molecule has 1 unspecified atom stereocenters. The summed E-state index contributed by atoms with van der Waals surface area (Å²) in [4.78, 5) is 12.3. The highest BCUT2D eigenvalue weighted by molar-refractivity contribution is 5.87. The Morgan fingerprint density at radius 2 is 2.00 bits per heavy atom. The molecule has 0 saturated heterocycles. The lowest BCUT2D eigenvalue weighted by Crippen LogP contribution is -2.44. The highest BCUT2D eigenvalue weighted by Gasteiger charge is 2.20. The standard InChI is InChI=1S/C24H25N7/c1-2-22(31-12-6-11-27-31)29-23-19(15-26-24(25)30-23)16-8-5-9-17(13-16)21-14-18-7-3-4-10-20(18)28-21/h3-11,13-15,22,27-28H,2,12H2,1H3,(H3,25,26,29,30). The van der Waals surface area contributed by atoms with E-state index in [1.807, 2.05) is 12.3 Å². The molecule has 5 rings (SSSR count). The minimum atomic E-state index is 0.0694. The highest BCUT2D eigenvalue weighted by atomic mass is 15.6. The highest BCUT2D eigenvalue weighted by Crippen LogP contribution is 2.32. The lowest BCUT2D eigenvalue weighted by molar-refractivity contribution is 0.199. The van der Waals surface area contributed by atoms with Gasteiger partial charge in [-0.25, -0.2) is 4.98 Å². The predicted molar refractivity (Wildman–Crippen MR) is 126 cm³/mol. The third-order valence-corrected chi connectivity index (χ3v) is 5.55. The van der Waals surface area contributed by atoms with Crippen LogP contribution in [0.15, 0.2) is 73.1 Å². The van der Waals surface area contributed by atoms with Crippen LogP contribution < -0.4 is 16.5 Å². The molecule has 1 aliphatic rings. The number of hydrazine groups is 1. The number of benzene rings is 2. The number of hydrogen-bond acceptors (Lipinski definition) is 6. The smallest absolute Gasteiger partial charge is 0.221 e. The van der Waals surface area contributed by atoms with E-state index in [9.17, 15) is 0 Å². The summed E-state index contributed by atoms with van der Waals surface area (Å²) in [6, 6.07) is 18.8. The van der Waals surface area contributed by atoms with E-state index in [1.165, 1.54) is 5.39 Å². The second kappa shape index (κ2) is 8.12. The van der Waals surface area contributed by atoms with Gasteiger partial charge in [-0.3, -0.25) is 0 Å². The summed E-state index contributed by atoms with van der Waals surface area (Å²) in [5.41, 5.74) is 14.4. The van der Waals surface area contributed by atoms with E-state index in [1.54, 1.807) is 6.20 Å². The van der Waals surface area contributed by atoms with Gasteiger partial charge in [0, 0.05) is 41.1 Å². The third kappa shape index (κ3) is 3.83. The van der Waals surface area contributed by atoms with Crippen LogP contribution in [0.1, 0.15) is 13.3 Å². The fourth-order valence-electron chi connectivity index (χ4n) is 3.94. The van der Waals surface area contributed by atoms with Gasteiger partial charge in [0.15, 0.2) is 0 Å². The second-order valence-corrected chi connectivity index (χ2v) is 7.59. The maximum Gasteiger partial charge on any atom is 0.221 e. The largest absolute Gasteiger partial charge is 0.368 e. The van der Waals surface area contributed by atoms with Crippen LogP contribution in [0.2, 0.25) is 0 Å². The molecular formula is C24H25N7. The van der Waals surface area contributed by atoms with E-state index in [0.29, 0.717) is 0 Å². The van der Waals surface area contributed by atoms with Crippen molar-refractivity contribution in [3.63, 3.8) is 0 Å². The van der Waals surface area contributed by atoms with Gasteiger partial charge in [-0.15, -0.1) is 0 Å². The van der Waals surface area contributed by atoms with Crippen molar-refractivity contribution in [3.05, 3.63) is 73.1 Å². The van der Waals surface area contributed by atoms with Crippen molar-refractivity contribution in [3.8, 4) is 22.4 Å². The normalized spacial score (nSPS) is 14.6. The Labute approximate surface area is 181 Å². The molecule has 0 radical (unpaired) electrons. The first-order valence-corrected chi connectivity index (χ1v) is 10.5. The molecule has 0 spiro atoms. The Bertz CT molecular complexity index is 1200. The molecule has 2 aromatic carbocycles. The Kier molecular flexibility index (Phi) is 5.01. The van der Waals surface area contributed by atoms with Crippen LogP contribution >= 0.6 is 0 Å². The fourth-order valence-corrected chi connectivity index (χ4v) is 3.94. The summed E-state index contributed by atoms with van der Waals surface area (Å²) in [6.07, 6.45) is 6.79. The zero-order chi connectivity index (χ0) is 21.2. The number of fused-ring (bicyclic) bond motifs is 1. The number of para-hydroxylation sites is 1. The van der Waals surface area contributed by atoms with Gasteiger partial charge < -0.3 is 21.5 Å². The van der Waals surface area contributed by atoms with Gasteiger partial charge in [-0.1, -0.05) is 49.4 Å². The monoisotopic (exact) mass is 411 g/mol. The average Bonchev–Trinajstić information content (AvgIpc) is 3.48. The summed E-state index contributed by atoms with van der Waals surface area (Å²) in [6.45, 7) is 2.97. The number of nitrogens with zero attached hydrogens (tertiary/aromatic N) is 3. The molecule has 1 aliphatic heterocycles. The molecule has 31 heavy (non-hydrogen) atoms. The summed E-state index contributed by atoms with van der Waals surface area (Å²) in [5, 5.41) is 6.86. The van der Waals surface area contributed by atoms with E-state index >= 15 is 0 Å². The molecule has 0 bridgehead atoms. The van der Waals surface area contributed by atoms with Crippen molar-refractivity contribution < 1.29 is 0 Å². The Morgan fingerprint density at radius 3 is 2.81 bits per heavy atom. The first-order valence-electron chi connectivity index (χ1n) is 10.5. The zero-order valence-electron chi connectivity index (χ0n) is 17.3. The van der Waals surface area contributed by atoms with E-state index in [0.717, 1.165) is 46.7 Å². The number of nitrogen functional groups attached to an aromatic ring is 1. The number of aromatic amines is 1. The van der Waals surface area contributed by atoms with Gasteiger partial charge in [-0.05, 0) is 35.7 Å². The maximum absolute atomic E-state index is 5.93. The molecule has 0 saturated carbocycles. The quantitative estimate of drug-likeness (QED) is 0.377. The number of hydrogen-bond donors (Lipinski definition) is 4. The first kappa shape index (κ1) is 19.1. The average molecular weight is 412 g/mol. The first-order chi connectivity index (χ1) is 15.2. The predicted octanol–water partition coefficient (Wildman–Crippen LogP) is 4.36. The molecule has 0 amide bonds. The molecule has 0 aliphatic carbocycles. The number of aromatic nitrogens is 3. The number of anilines is 2. The van der Waals surface area contributed by atoms with Crippen LogP contribution in [-0.4, -0.2) is 32.7 Å². The Hall–Kier alpha value is -3.84. The fraction of sp³-hybridized carbons (Fsp3) is 0.167.